The molecule has 116 valence electrons. The van der Waals surface area contributed by atoms with Crippen LogP contribution in [0, 0.1) is 0 Å². The molecular weight excluding hydrogens is 334 g/mol. The molecule has 3 rings (SSSR count). The van der Waals surface area contributed by atoms with Gasteiger partial charge in [0.25, 0.3) is 0 Å². The number of rotatable bonds is 4. The van der Waals surface area contributed by atoms with Crippen molar-refractivity contribution in [3.8, 4) is 11.5 Å². The number of hydrogen-bond acceptors (Lipinski definition) is 4. The number of hydrogen-bond donors (Lipinski definition) is 1. The van der Waals surface area contributed by atoms with Crippen LogP contribution in [0.25, 0.3) is 0 Å². The lowest BCUT2D eigenvalue weighted by Crippen LogP contribution is -2.26. The molecule has 0 aromatic heterocycles. The van der Waals surface area contributed by atoms with E-state index >= 15 is 0 Å². The van der Waals surface area contributed by atoms with Gasteiger partial charge in [-0.05, 0) is 52.9 Å². The molecule has 1 aromatic carbocycles. The average Bonchev–Trinajstić information content (AvgIpc) is 2.82. The van der Waals surface area contributed by atoms with Crippen LogP contribution < -0.4 is 14.8 Å². The summed E-state index contributed by atoms with van der Waals surface area (Å²) in [6, 6.07) is 4.74. The van der Waals surface area contributed by atoms with Crippen LogP contribution in [0.1, 0.15) is 31.2 Å². The largest absolute Gasteiger partial charge is 0.490 e. The van der Waals surface area contributed by atoms with Gasteiger partial charge in [-0.25, -0.2) is 0 Å². The van der Waals surface area contributed by atoms with E-state index in [2.05, 4.69) is 33.4 Å². The van der Waals surface area contributed by atoms with Gasteiger partial charge in [0.1, 0.15) is 0 Å². The molecule has 2 unspecified atom stereocenters. The van der Waals surface area contributed by atoms with Gasteiger partial charge < -0.3 is 19.5 Å². The van der Waals surface area contributed by atoms with E-state index in [0.29, 0.717) is 25.4 Å². The Kier molecular flexibility index (Phi) is 5.03. The zero-order chi connectivity index (χ0) is 14.7. The van der Waals surface area contributed by atoms with Crippen LogP contribution in [0.4, 0.5) is 0 Å². The first-order valence-corrected chi connectivity index (χ1v) is 8.40. The minimum atomic E-state index is 0.415. The summed E-state index contributed by atoms with van der Waals surface area (Å²) in [5.74, 6) is 1.68. The predicted molar refractivity (Wildman–Crippen MR) is 85.0 cm³/mol. The molecule has 0 saturated heterocycles. The molecule has 2 atom stereocenters. The Hall–Kier alpha value is -0.780. The second kappa shape index (κ2) is 6.99. The van der Waals surface area contributed by atoms with E-state index in [1.165, 1.54) is 12.0 Å². The standard InChI is InChI=1S/C16H22BrNO3/c1-19-13-4-3-12(9-13)18-10-11-7-14(17)16-15(8-11)20-5-2-6-21-16/h7-8,12-13,18H,2-6,9-10H2,1H3. The third kappa shape index (κ3) is 3.71. The van der Waals surface area contributed by atoms with Crippen LogP contribution in [-0.4, -0.2) is 32.5 Å². The molecule has 1 fully saturated rings. The smallest absolute Gasteiger partial charge is 0.175 e. The molecular formula is C16H22BrNO3. The van der Waals surface area contributed by atoms with Crippen molar-refractivity contribution < 1.29 is 14.2 Å². The number of fused-ring (bicyclic) bond motifs is 1. The summed E-state index contributed by atoms with van der Waals surface area (Å²) in [4.78, 5) is 0. The van der Waals surface area contributed by atoms with Crippen LogP contribution in [0.2, 0.25) is 0 Å². The van der Waals surface area contributed by atoms with Crippen molar-refractivity contribution in [1.29, 1.82) is 0 Å². The molecule has 21 heavy (non-hydrogen) atoms. The van der Waals surface area contributed by atoms with Gasteiger partial charge in [0.2, 0.25) is 0 Å². The highest BCUT2D eigenvalue weighted by molar-refractivity contribution is 9.10. The van der Waals surface area contributed by atoms with Gasteiger partial charge in [0.05, 0.1) is 23.8 Å². The maximum Gasteiger partial charge on any atom is 0.175 e. The minimum Gasteiger partial charge on any atom is -0.490 e. The highest BCUT2D eigenvalue weighted by atomic mass is 79.9. The van der Waals surface area contributed by atoms with Crippen LogP contribution in [0.3, 0.4) is 0 Å². The lowest BCUT2D eigenvalue weighted by Gasteiger charge is -2.15. The number of methoxy groups -OCH3 is 1. The average molecular weight is 356 g/mol. The van der Waals surface area contributed by atoms with E-state index in [9.17, 15) is 0 Å². The molecule has 1 aliphatic heterocycles. The number of halogens is 1. The number of nitrogens with one attached hydrogen (secondary N) is 1. The Morgan fingerprint density at radius 3 is 2.95 bits per heavy atom. The normalized spacial score (nSPS) is 24.9. The maximum absolute atomic E-state index is 5.77. The Morgan fingerprint density at radius 1 is 1.29 bits per heavy atom. The minimum absolute atomic E-state index is 0.415. The summed E-state index contributed by atoms with van der Waals surface area (Å²) >= 11 is 3.59. The van der Waals surface area contributed by atoms with Crippen LogP contribution in [0.5, 0.6) is 11.5 Å². The topological polar surface area (TPSA) is 39.7 Å². The predicted octanol–water partition coefficient (Wildman–Crippen LogP) is 3.27. The number of ether oxygens (including phenoxy) is 3. The number of benzene rings is 1. The zero-order valence-corrected chi connectivity index (χ0v) is 13.9. The van der Waals surface area contributed by atoms with Crippen molar-refractivity contribution in [1.82, 2.24) is 5.32 Å². The molecule has 5 heteroatoms. The van der Waals surface area contributed by atoms with Crippen molar-refractivity contribution in [3.05, 3.63) is 22.2 Å². The van der Waals surface area contributed by atoms with E-state index in [-0.39, 0.29) is 0 Å². The Bertz CT molecular complexity index is 495. The Morgan fingerprint density at radius 2 is 2.14 bits per heavy atom. The molecule has 0 amide bonds. The summed E-state index contributed by atoms with van der Waals surface area (Å²) in [5.41, 5.74) is 1.21. The quantitative estimate of drug-likeness (QED) is 0.899. The van der Waals surface area contributed by atoms with Crippen molar-refractivity contribution in [3.63, 3.8) is 0 Å². The van der Waals surface area contributed by atoms with Gasteiger partial charge >= 0.3 is 0 Å². The van der Waals surface area contributed by atoms with Gasteiger partial charge in [0.15, 0.2) is 11.5 Å². The summed E-state index contributed by atoms with van der Waals surface area (Å²) in [5, 5.41) is 3.61. The lowest BCUT2D eigenvalue weighted by atomic mass is 10.1. The second-order valence-corrected chi connectivity index (χ2v) is 6.56. The fourth-order valence-electron chi connectivity index (χ4n) is 2.99. The first-order chi connectivity index (χ1) is 10.3. The van der Waals surface area contributed by atoms with Crippen molar-refractivity contribution in [2.75, 3.05) is 20.3 Å². The first-order valence-electron chi connectivity index (χ1n) is 7.60. The van der Waals surface area contributed by atoms with E-state index in [1.807, 2.05) is 0 Å². The van der Waals surface area contributed by atoms with Crippen LogP contribution >= 0.6 is 15.9 Å². The van der Waals surface area contributed by atoms with Gasteiger partial charge in [-0.15, -0.1) is 0 Å². The molecule has 0 radical (unpaired) electrons. The highest BCUT2D eigenvalue weighted by Gasteiger charge is 2.24. The third-order valence-electron chi connectivity index (χ3n) is 4.17. The van der Waals surface area contributed by atoms with E-state index in [1.54, 1.807) is 7.11 Å². The summed E-state index contributed by atoms with van der Waals surface area (Å²) in [6.07, 6.45) is 4.78. The van der Waals surface area contributed by atoms with Crippen molar-refractivity contribution >= 4 is 15.9 Å². The summed E-state index contributed by atoms with van der Waals surface area (Å²) < 4.78 is 17.9. The van der Waals surface area contributed by atoms with Crippen molar-refractivity contribution in [2.24, 2.45) is 0 Å². The van der Waals surface area contributed by atoms with Crippen molar-refractivity contribution in [2.45, 2.75) is 44.4 Å². The van der Waals surface area contributed by atoms with Crippen LogP contribution in [-0.2, 0) is 11.3 Å². The van der Waals surface area contributed by atoms with Gasteiger partial charge in [-0.3, -0.25) is 0 Å². The molecule has 0 spiro atoms. The van der Waals surface area contributed by atoms with E-state index in [4.69, 9.17) is 14.2 Å². The fraction of sp³-hybridized carbons (Fsp3) is 0.625. The molecule has 2 aliphatic rings. The molecule has 0 bridgehead atoms. The molecule has 1 saturated carbocycles. The summed E-state index contributed by atoms with van der Waals surface area (Å²) in [7, 11) is 1.80. The monoisotopic (exact) mass is 355 g/mol. The molecule has 4 nitrogen and oxygen atoms in total. The van der Waals surface area contributed by atoms with Gasteiger partial charge in [-0.1, -0.05) is 0 Å². The fourth-order valence-corrected chi connectivity index (χ4v) is 3.59. The SMILES string of the molecule is COC1CCC(NCc2cc(Br)c3c(c2)OCCCO3)C1. The molecule has 1 heterocycles. The molecule has 1 aliphatic carbocycles. The first kappa shape index (κ1) is 15.1. The van der Waals surface area contributed by atoms with Gasteiger partial charge in [-0.2, -0.15) is 0 Å². The maximum atomic E-state index is 5.77. The highest BCUT2D eigenvalue weighted by Crippen LogP contribution is 2.38. The second-order valence-electron chi connectivity index (χ2n) is 5.70. The Balaban J connectivity index is 1.63. The molecule has 1 aromatic rings. The summed E-state index contributed by atoms with van der Waals surface area (Å²) in [6.45, 7) is 2.27. The van der Waals surface area contributed by atoms with Gasteiger partial charge in [0, 0.05) is 26.1 Å². The van der Waals surface area contributed by atoms with E-state index in [0.717, 1.165) is 41.8 Å². The van der Waals surface area contributed by atoms with Crippen LogP contribution in [0.15, 0.2) is 16.6 Å². The van der Waals surface area contributed by atoms with E-state index < -0.39 is 0 Å². The molecule has 1 N–H and O–H groups in total. The third-order valence-corrected chi connectivity index (χ3v) is 4.76. The lowest BCUT2D eigenvalue weighted by molar-refractivity contribution is 0.107. The Labute approximate surface area is 134 Å². The zero-order valence-electron chi connectivity index (χ0n) is 12.4.